The van der Waals surface area contributed by atoms with Gasteiger partial charge in [-0.05, 0) is 34.9 Å². The quantitative estimate of drug-likeness (QED) is 0.715. The molecule has 0 saturated heterocycles. The first-order chi connectivity index (χ1) is 11.6. The Hall–Kier alpha value is -2.65. The van der Waals surface area contributed by atoms with E-state index < -0.39 is 18.0 Å². The molecule has 0 heterocycles. The van der Waals surface area contributed by atoms with Gasteiger partial charge in [0.25, 0.3) is 0 Å². The summed E-state index contributed by atoms with van der Waals surface area (Å²) in [6.45, 7) is 1.90. The molecule has 0 unspecified atom stereocenters. The van der Waals surface area contributed by atoms with Gasteiger partial charge in [0.05, 0.1) is 12.0 Å². The van der Waals surface area contributed by atoms with E-state index in [-0.39, 0.29) is 6.61 Å². The average Bonchev–Trinajstić information content (AvgIpc) is 2.65. The monoisotopic (exact) mass is 320 g/mol. The van der Waals surface area contributed by atoms with E-state index in [1.54, 1.807) is 6.92 Å². The van der Waals surface area contributed by atoms with Crippen LogP contribution >= 0.6 is 0 Å². The van der Waals surface area contributed by atoms with Crippen molar-refractivity contribution in [1.29, 1.82) is 0 Å². The van der Waals surface area contributed by atoms with Crippen LogP contribution in [0.1, 0.15) is 24.2 Å². The number of aliphatic hydroxyl groups is 1. The molecule has 0 amide bonds. The van der Waals surface area contributed by atoms with Crippen molar-refractivity contribution < 1.29 is 14.6 Å². The van der Waals surface area contributed by atoms with Crippen LogP contribution in [0.5, 0.6) is 0 Å². The molecule has 2 atom stereocenters. The lowest BCUT2D eigenvalue weighted by Gasteiger charge is -2.18. The van der Waals surface area contributed by atoms with Crippen molar-refractivity contribution in [3.63, 3.8) is 0 Å². The molecule has 0 aliphatic heterocycles. The van der Waals surface area contributed by atoms with E-state index in [4.69, 9.17) is 4.74 Å². The molecule has 122 valence electrons. The van der Waals surface area contributed by atoms with E-state index in [0.29, 0.717) is 0 Å². The van der Waals surface area contributed by atoms with Crippen molar-refractivity contribution in [2.45, 2.75) is 19.6 Å². The summed E-state index contributed by atoms with van der Waals surface area (Å²) < 4.78 is 5.32. The van der Waals surface area contributed by atoms with Gasteiger partial charge in [-0.1, -0.05) is 66.7 Å². The highest BCUT2D eigenvalue weighted by Gasteiger charge is 2.25. The van der Waals surface area contributed by atoms with Crippen molar-refractivity contribution >= 4 is 16.7 Å². The highest BCUT2D eigenvalue weighted by atomic mass is 16.5. The molecule has 3 heteroatoms. The van der Waals surface area contributed by atoms with E-state index in [1.165, 1.54) is 0 Å². The van der Waals surface area contributed by atoms with Crippen molar-refractivity contribution in [2.75, 3.05) is 0 Å². The molecule has 0 aromatic heterocycles. The van der Waals surface area contributed by atoms with Crippen LogP contribution in [-0.4, -0.2) is 11.1 Å². The van der Waals surface area contributed by atoms with Crippen LogP contribution in [0.4, 0.5) is 0 Å². The number of benzene rings is 3. The van der Waals surface area contributed by atoms with Crippen LogP contribution in [0.3, 0.4) is 0 Å². The summed E-state index contributed by atoms with van der Waals surface area (Å²) in [6.07, 6.45) is -0.891. The summed E-state index contributed by atoms with van der Waals surface area (Å²) in [7, 11) is 0. The number of fused-ring (bicyclic) bond motifs is 1. The summed E-state index contributed by atoms with van der Waals surface area (Å²) in [5, 5.41) is 12.7. The summed E-state index contributed by atoms with van der Waals surface area (Å²) in [5.41, 5.74) is 1.65. The van der Waals surface area contributed by atoms with Crippen LogP contribution in [0.15, 0.2) is 72.8 Å². The fourth-order valence-corrected chi connectivity index (χ4v) is 2.67. The van der Waals surface area contributed by atoms with Gasteiger partial charge in [0.2, 0.25) is 0 Å². The molecule has 3 rings (SSSR count). The van der Waals surface area contributed by atoms with Gasteiger partial charge in [-0.15, -0.1) is 0 Å². The van der Waals surface area contributed by atoms with Gasteiger partial charge >= 0.3 is 5.97 Å². The smallest absolute Gasteiger partial charge is 0.311 e. The first-order valence-corrected chi connectivity index (χ1v) is 8.02. The first-order valence-electron chi connectivity index (χ1n) is 8.02. The van der Waals surface area contributed by atoms with E-state index in [9.17, 15) is 9.90 Å². The number of esters is 1. The van der Waals surface area contributed by atoms with Crippen LogP contribution in [-0.2, 0) is 16.1 Å². The lowest BCUT2D eigenvalue weighted by atomic mass is 9.95. The Morgan fingerprint density at radius 1 is 0.958 bits per heavy atom. The predicted octanol–water partition coefficient (Wildman–Crippen LogP) is 4.25. The topological polar surface area (TPSA) is 46.5 Å². The van der Waals surface area contributed by atoms with Crippen LogP contribution in [0.2, 0.25) is 0 Å². The molecule has 0 bridgehead atoms. The van der Waals surface area contributed by atoms with Crippen molar-refractivity contribution in [3.8, 4) is 0 Å². The molecule has 24 heavy (non-hydrogen) atoms. The van der Waals surface area contributed by atoms with Gasteiger partial charge in [-0.25, -0.2) is 0 Å². The Morgan fingerprint density at radius 2 is 1.62 bits per heavy atom. The third kappa shape index (κ3) is 3.63. The van der Waals surface area contributed by atoms with Gasteiger partial charge in [0.15, 0.2) is 0 Å². The Labute approximate surface area is 141 Å². The Morgan fingerprint density at radius 3 is 2.38 bits per heavy atom. The SMILES string of the molecule is C[C@H](C(=O)OCc1ccccc1)[C@@H](O)c1ccc2ccccc2c1. The zero-order valence-corrected chi connectivity index (χ0v) is 13.6. The van der Waals surface area contributed by atoms with Crippen molar-refractivity contribution in [1.82, 2.24) is 0 Å². The van der Waals surface area contributed by atoms with E-state index in [2.05, 4.69) is 0 Å². The predicted molar refractivity (Wildman–Crippen MR) is 94.3 cm³/mol. The number of aliphatic hydroxyl groups excluding tert-OH is 1. The molecular weight excluding hydrogens is 300 g/mol. The van der Waals surface area contributed by atoms with Crippen LogP contribution in [0.25, 0.3) is 10.8 Å². The molecule has 0 radical (unpaired) electrons. The summed E-state index contributed by atoms with van der Waals surface area (Å²) in [4.78, 5) is 12.2. The second-order valence-corrected chi connectivity index (χ2v) is 5.93. The third-order valence-electron chi connectivity index (χ3n) is 4.18. The molecule has 3 aromatic rings. The normalized spacial score (nSPS) is 13.4. The molecule has 0 aliphatic rings. The highest BCUT2D eigenvalue weighted by molar-refractivity contribution is 5.83. The average molecular weight is 320 g/mol. The number of rotatable bonds is 5. The molecule has 0 fully saturated rings. The molecule has 3 nitrogen and oxygen atoms in total. The summed E-state index contributed by atoms with van der Waals surface area (Å²) in [5.74, 6) is -1.03. The number of carbonyl (C=O) groups is 1. The van der Waals surface area contributed by atoms with Crippen molar-refractivity contribution in [3.05, 3.63) is 83.9 Å². The zero-order valence-electron chi connectivity index (χ0n) is 13.6. The summed E-state index contributed by atoms with van der Waals surface area (Å²) >= 11 is 0. The minimum atomic E-state index is -0.891. The van der Waals surface area contributed by atoms with Gasteiger partial charge in [0.1, 0.15) is 6.61 Å². The molecule has 0 aliphatic carbocycles. The second-order valence-electron chi connectivity index (χ2n) is 5.93. The van der Waals surface area contributed by atoms with Crippen LogP contribution < -0.4 is 0 Å². The molecule has 1 N–H and O–H groups in total. The molecule has 3 aromatic carbocycles. The standard InChI is InChI=1S/C21H20O3/c1-15(21(23)24-14-16-7-3-2-4-8-16)20(22)19-12-11-17-9-5-6-10-18(17)13-19/h2-13,15,20,22H,14H2,1H3/t15-,20+/m0/s1. The van der Waals surface area contributed by atoms with Crippen molar-refractivity contribution in [2.24, 2.45) is 5.92 Å². The number of hydrogen-bond donors (Lipinski definition) is 1. The van der Waals surface area contributed by atoms with E-state index in [1.807, 2.05) is 72.8 Å². The number of ether oxygens (including phenoxy) is 1. The maximum absolute atomic E-state index is 12.2. The largest absolute Gasteiger partial charge is 0.461 e. The van der Waals surface area contributed by atoms with E-state index in [0.717, 1.165) is 21.9 Å². The van der Waals surface area contributed by atoms with Gasteiger partial charge < -0.3 is 9.84 Å². The lowest BCUT2D eigenvalue weighted by molar-refractivity contribution is -0.153. The van der Waals surface area contributed by atoms with Crippen LogP contribution in [0, 0.1) is 5.92 Å². The Bertz CT molecular complexity index is 827. The molecular formula is C21H20O3. The zero-order chi connectivity index (χ0) is 16.9. The fraction of sp³-hybridized carbons (Fsp3) is 0.190. The molecule has 0 spiro atoms. The van der Waals surface area contributed by atoms with Gasteiger partial charge in [0, 0.05) is 0 Å². The lowest BCUT2D eigenvalue weighted by Crippen LogP contribution is -2.21. The summed E-state index contributed by atoms with van der Waals surface area (Å²) in [6, 6.07) is 23.2. The minimum Gasteiger partial charge on any atom is -0.461 e. The van der Waals surface area contributed by atoms with Gasteiger partial charge in [-0.3, -0.25) is 4.79 Å². The molecule has 0 saturated carbocycles. The fourth-order valence-electron chi connectivity index (χ4n) is 2.67. The second kappa shape index (κ2) is 7.28. The Kier molecular flexibility index (Phi) is 4.92. The number of hydrogen-bond acceptors (Lipinski definition) is 3. The maximum atomic E-state index is 12.2. The van der Waals surface area contributed by atoms with E-state index >= 15 is 0 Å². The number of carbonyl (C=O) groups excluding carboxylic acids is 1. The third-order valence-corrected chi connectivity index (χ3v) is 4.18. The highest BCUT2D eigenvalue weighted by Crippen LogP contribution is 2.26. The minimum absolute atomic E-state index is 0.217. The first kappa shape index (κ1) is 16.2. The van der Waals surface area contributed by atoms with Gasteiger partial charge in [-0.2, -0.15) is 0 Å². The maximum Gasteiger partial charge on any atom is 0.311 e. The Balaban J connectivity index is 1.68.